The molecule has 0 radical (unpaired) electrons. The number of halogens is 2. The number of benzene rings is 1. The van der Waals surface area contributed by atoms with Crippen molar-refractivity contribution >= 4 is 17.6 Å². The van der Waals surface area contributed by atoms with Crippen LogP contribution in [0.1, 0.15) is 64.0 Å². The molecule has 0 aliphatic heterocycles. The first-order chi connectivity index (χ1) is 13.2. The summed E-state index contributed by atoms with van der Waals surface area (Å²) in [4.78, 5) is 36.2. The summed E-state index contributed by atoms with van der Waals surface area (Å²) in [6.45, 7) is 2.74. The van der Waals surface area contributed by atoms with Gasteiger partial charge in [0, 0.05) is 18.9 Å². The Morgan fingerprint density at radius 1 is 1.04 bits per heavy atom. The molecular formula is C21H26F2N2O3. The number of ketones is 1. The van der Waals surface area contributed by atoms with Crippen LogP contribution in [-0.2, 0) is 14.4 Å². The van der Waals surface area contributed by atoms with Gasteiger partial charge in [0.2, 0.25) is 11.8 Å². The van der Waals surface area contributed by atoms with Gasteiger partial charge in [-0.15, -0.1) is 0 Å². The van der Waals surface area contributed by atoms with E-state index in [0.29, 0.717) is 5.56 Å². The van der Waals surface area contributed by atoms with Crippen molar-refractivity contribution in [3.8, 4) is 0 Å². The number of rotatable bonds is 6. The highest BCUT2D eigenvalue weighted by molar-refractivity contribution is 5.94. The Labute approximate surface area is 163 Å². The molecule has 3 rings (SSSR count). The quantitative estimate of drug-likeness (QED) is 0.781. The lowest BCUT2D eigenvalue weighted by Crippen LogP contribution is -2.64. The van der Waals surface area contributed by atoms with Crippen LogP contribution in [0.4, 0.5) is 8.78 Å². The highest BCUT2D eigenvalue weighted by atomic mass is 19.1. The maximum absolute atomic E-state index is 13.7. The number of carbonyl (C=O) groups is 3. The molecule has 2 aliphatic carbocycles. The summed E-state index contributed by atoms with van der Waals surface area (Å²) in [5.41, 5.74) is -0.557. The maximum Gasteiger partial charge on any atom is 0.223 e. The molecule has 2 N–H and O–H groups in total. The van der Waals surface area contributed by atoms with Crippen molar-refractivity contribution in [2.75, 3.05) is 0 Å². The largest absolute Gasteiger partial charge is 0.349 e. The Morgan fingerprint density at radius 2 is 1.61 bits per heavy atom. The molecule has 0 heterocycles. The molecule has 2 saturated carbocycles. The van der Waals surface area contributed by atoms with Crippen LogP contribution in [0.5, 0.6) is 0 Å². The first-order valence-electron chi connectivity index (χ1n) is 9.76. The minimum atomic E-state index is -0.984. The third-order valence-electron chi connectivity index (χ3n) is 6.06. The summed E-state index contributed by atoms with van der Waals surface area (Å²) in [7, 11) is 0. The molecular weight excluding hydrogens is 366 g/mol. The van der Waals surface area contributed by atoms with Gasteiger partial charge in [0.25, 0.3) is 0 Å². The minimum Gasteiger partial charge on any atom is -0.349 e. The van der Waals surface area contributed by atoms with E-state index in [1.54, 1.807) is 0 Å². The molecule has 2 fully saturated rings. The van der Waals surface area contributed by atoms with Gasteiger partial charge in [-0.25, -0.2) is 8.78 Å². The lowest BCUT2D eigenvalue weighted by molar-refractivity contribution is -0.142. The predicted molar refractivity (Wildman–Crippen MR) is 99.2 cm³/mol. The standard InChI is InChI=1S/C21H26F2N2O3/c1-12(26)21(25-13(2)27)10-16(11-21)20(28)24-19(14-5-3-4-6-14)15-7-17(22)9-18(23)8-15/h7-9,14,16,19H,3-6,10-11H2,1-2H3,(H,24,28)(H,25,27)/t16?,19-,21?/m0/s1. The van der Waals surface area contributed by atoms with Crippen LogP contribution in [0.25, 0.3) is 0 Å². The van der Waals surface area contributed by atoms with Crippen LogP contribution in [0.3, 0.4) is 0 Å². The van der Waals surface area contributed by atoms with E-state index < -0.39 is 29.1 Å². The van der Waals surface area contributed by atoms with Gasteiger partial charge in [0.1, 0.15) is 11.6 Å². The smallest absolute Gasteiger partial charge is 0.223 e. The van der Waals surface area contributed by atoms with Crippen LogP contribution in [0.2, 0.25) is 0 Å². The topological polar surface area (TPSA) is 75.3 Å². The molecule has 1 atom stereocenters. The van der Waals surface area contributed by atoms with Crippen LogP contribution in [-0.4, -0.2) is 23.1 Å². The highest BCUT2D eigenvalue weighted by Crippen LogP contribution is 2.41. The Hall–Kier alpha value is -2.31. The van der Waals surface area contributed by atoms with E-state index in [0.717, 1.165) is 31.7 Å². The number of hydrogen-bond donors (Lipinski definition) is 2. The molecule has 152 valence electrons. The fourth-order valence-corrected chi connectivity index (χ4v) is 4.57. The summed E-state index contributed by atoms with van der Waals surface area (Å²) in [6.07, 6.45) is 4.29. The van der Waals surface area contributed by atoms with E-state index in [4.69, 9.17) is 0 Å². The number of hydrogen-bond acceptors (Lipinski definition) is 3. The van der Waals surface area contributed by atoms with Crippen LogP contribution in [0, 0.1) is 23.5 Å². The molecule has 0 spiro atoms. The summed E-state index contributed by atoms with van der Waals surface area (Å²) < 4.78 is 27.5. The fourth-order valence-electron chi connectivity index (χ4n) is 4.57. The third kappa shape index (κ3) is 4.23. The molecule has 0 bridgehead atoms. The van der Waals surface area contributed by atoms with E-state index in [1.807, 2.05) is 0 Å². The van der Waals surface area contributed by atoms with Gasteiger partial charge in [-0.3, -0.25) is 14.4 Å². The van der Waals surface area contributed by atoms with Gasteiger partial charge in [-0.05, 0) is 56.2 Å². The number of amides is 2. The van der Waals surface area contributed by atoms with Crippen molar-refractivity contribution in [2.45, 2.75) is 64.0 Å². The van der Waals surface area contributed by atoms with E-state index in [-0.39, 0.29) is 36.4 Å². The zero-order valence-electron chi connectivity index (χ0n) is 16.2. The second-order valence-electron chi connectivity index (χ2n) is 8.16. The van der Waals surface area contributed by atoms with Gasteiger partial charge in [0.05, 0.1) is 11.6 Å². The molecule has 0 unspecified atom stereocenters. The normalized spacial score (nSPS) is 25.6. The van der Waals surface area contributed by atoms with Crippen LogP contribution >= 0.6 is 0 Å². The molecule has 0 saturated heterocycles. The average molecular weight is 392 g/mol. The van der Waals surface area contributed by atoms with E-state index >= 15 is 0 Å². The second-order valence-corrected chi connectivity index (χ2v) is 8.16. The second kappa shape index (κ2) is 7.97. The molecule has 5 nitrogen and oxygen atoms in total. The van der Waals surface area contributed by atoms with Crippen LogP contribution < -0.4 is 10.6 Å². The fraction of sp³-hybridized carbons (Fsp3) is 0.571. The Morgan fingerprint density at radius 3 is 2.11 bits per heavy atom. The van der Waals surface area contributed by atoms with Crippen molar-refractivity contribution in [1.29, 1.82) is 0 Å². The van der Waals surface area contributed by atoms with E-state index in [2.05, 4.69) is 10.6 Å². The summed E-state index contributed by atoms with van der Waals surface area (Å²) in [5.74, 6) is -2.37. The molecule has 2 aliphatic rings. The van der Waals surface area contributed by atoms with Gasteiger partial charge < -0.3 is 10.6 Å². The Balaban J connectivity index is 1.74. The number of carbonyl (C=O) groups excluding carboxylic acids is 3. The molecule has 0 aromatic heterocycles. The predicted octanol–water partition coefficient (Wildman–Crippen LogP) is 3.19. The Bertz CT molecular complexity index is 764. The van der Waals surface area contributed by atoms with Gasteiger partial charge >= 0.3 is 0 Å². The van der Waals surface area contributed by atoms with Gasteiger partial charge in [0.15, 0.2) is 5.78 Å². The van der Waals surface area contributed by atoms with Crippen molar-refractivity contribution in [1.82, 2.24) is 10.6 Å². The lowest BCUT2D eigenvalue weighted by atomic mass is 9.65. The minimum absolute atomic E-state index is 0.123. The number of Topliss-reactive ketones (excluding diaryl/α,β-unsaturated/α-hetero) is 1. The number of nitrogens with one attached hydrogen (secondary N) is 2. The van der Waals surface area contributed by atoms with Crippen molar-refractivity contribution < 1.29 is 23.2 Å². The van der Waals surface area contributed by atoms with Crippen LogP contribution in [0.15, 0.2) is 18.2 Å². The molecule has 1 aromatic rings. The zero-order valence-corrected chi connectivity index (χ0v) is 16.2. The van der Waals surface area contributed by atoms with Gasteiger partial charge in [-0.1, -0.05) is 12.8 Å². The Kier molecular flexibility index (Phi) is 5.82. The highest BCUT2D eigenvalue weighted by Gasteiger charge is 2.51. The van der Waals surface area contributed by atoms with E-state index in [9.17, 15) is 23.2 Å². The maximum atomic E-state index is 13.7. The molecule has 2 amide bonds. The van der Waals surface area contributed by atoms with Crippen molar-refractivity contribution in [3.63, 3.8) is 0 Å². The SMILES string of the molecule is CC(=O)NC1(C(C)=O)CC(C(=O)N[C@H](c2cc(F)cc(F)c2)C2CCCC2)C1. The summed E-state index contributed by atoms with van der Waals surface area (Å²) in [5, 5.41) is 5.63. The van der Waals surface area contributed by atoms with E-state index in [1.165, 1.54) is 26.0 Å². The first kappa shape index (κ1) is 20.4. The summed E-state index contributed by atoms with van der Waals surface area (Å²) in [6, 6.07) is 2.89. The molecule has 1 aromatic carbocycles. The van der Waals surface area contributed by atoms with Crippen molar-refractivity contribution in [2.24, 2.45) is 11.8 Å². The van der Waals surface area contributed by atoms with Crippen molar-refractivity contribution in [3.05, 3.63) is 35.4 Å². The lowest BCUT2D eigenvalue weighted by Gasteiger charge is -2.45. The average Bonchev–Trinajstić information content (AvgIpc) is 3.07. The molecule has 28 heavy (non-hydrogen) atoms. The zero-order chi connectivity index (χ0) is 20.5. The third-order valence-corrected chi connectivity index (χ3v) is 6.06. The monoisotopic (exact) mass is 392 g/mol. The first-order valence-corrected chi connectivity index (χ1v) is 9.76. The van der Waals surface area contributed by atoms with Gasteiger partial charge in [-0.2, -0.15) is 0 Å². The molecule has 7 heteroatoms. The summed E-state index contributed by atoms with van der Waals surface area (Å²) >= 11 is 0.